The van der Waals surface area contributed by atoms with E-state index in [1.165, 1.54) is 11.0 Å². The Bertz CT molecular complexity index is 1040. The minimum Gasteiger partial charge on any atom is -0.508 e. The highest BCUT2D eigenvalue weighted by Crippen LogP contribution is 2.33. The first-order valence-corrected chi connectivity index (χ1v) is 12.3. The Kier molecular flexibility index (Phi) is 8.43. The van der Waals surface area contributed by atoms with Crippen LogP contribution < -0.4 is 5.32 Å². The second-order valence-corrected chi connectivity index (χ2v) is 10.4. The summed E-state index contributed by atoms with van der Waals surface area (Å²) >= 11 is 0. The van der Waals surface area contributed by atoms with Crippen molar-refractivity contribution in [2.45, 2.75) is 84.0 Å². The molecule has 1 amide bonds. The van der Waals surface area contributed by atoms with Crippen molar-refractivity contribution in [1.82, 2.24) is 10.2 Å². The third-order valence-corrected chi connectivity index (χ3v) is 6.61. The highest BCUT2D eigenvalue weighted by molar-refractivity contribution is 5.97. The number of carbonyl (C=O) groups is 2. The van der Waals surface area contributed by atoms with Crippen molar-refractivity contribution < 1.29 is 24.5 Å². The van der Waals surface area contributed by atoms with Gasteiger partial charge in [0.05, 0.1) is 5.56 Å². The van der Waals surface area contributed by atoms with Gasteiger partial charge in [0.25, 0.3) is 5.91 Å². The molecule has 1 saturated carbocycles. The Balaban J connectivity index is 1.57. The Morgan fingerprint density at radius 3 is 2.26 bits per heavy atom. The molecule has 1 aliphatic rings. The number of benzene rings is 2. The fraction of sp³-hybridized carbons (Fsp3) is 0.500. The van der Waals surface area contributed by atoms with Gasteiger partial charge in [0.15, 0.2) is 0 Å². The SMILES string of the molecule is CC(C)c1cc(C(=O)N(C)Cc2ccc(CNC(C)(C)C(=O)OC3CCCC3)cc2)c(O)cc1O. The molecule has 0 radical (unpaired) electrons. The van der Waals surface area contributed by atoms with Crippen LogP contribution in [-0.4, -0.2) is 45.7 Å². The maximum atomic E-state index is 13.0. The standard InChI is InChI=1S/C28H38N2O5/c1-18(2)22-14-23(25(32)15-24(22)31)26(33)30(5)17-20-12-10-19(11-13-20)16-29-28(3,4)27(34)35-21-8-6-7-9-21/h10-15,18,21,29,31-32H,6-9,16-17H2,1-5H3. The van der Waals surface area contributed by atoms with Gasteiger partial charge in [-0.3, -0.25) is 14.9 Å². The fourth-order valence-electron chi connectivity index (χ4n) is 4.24. The summed E-state index contributed by atoms with van der Waals surface area (Å²) in [4.78, 5) is 27.0. The Morgan fingerprint density at radius 2 is 1.66 bits per heavy atom. The summed E-state index contributed by atoms with van der Waals surface area (Å²) in [6.45, 7) is 8.38. The monoisotopic (exact) mass is 482 g/mol. The van der Waals surface area contributed by atoms with Crippen LogP contribution in [0.5, 0.6) is 11.5 Å². The number of phenolic OH excluding ortho intramolecular Hbond substituents is 2. The third kappa shape index (κ3) is 6.75. The van der Waals surface area contributed by atoms with Crippen LogP contribution in [0.3, 0.4) is 0 Å². The summed E-state index contributed by atoms with van der Waals surface area (Å²) in [5.74, 6) is -0.782. The second-order valence-electron chi connectivity index (χ2n) is 10.4. The summed E-state index contributed by atoms with van der Waals surface area (Å²) in [5, 5.41) is 23.5. The quantitative estimate of drug-likeness (QED) is 0.442. The summed E-state index contributed by atoms with van der Waals surface area (Å²) in [6, 6.07) is 10.6. The molecule has 7 heteroatoms. The number of nitrogens with one attached hydrogen (secondary N) is 1. The van der Waals surface area contributed by atoms with Crippen molar-refractivity contribution >= 4 is 11.9 Å². The first-order chi connectivity index (χ1) is 16.5. The van der Waals surface area contributed by atoms with Crippen LogP contribution in [0, 0.1) is 0 Å². The molecule has 190 valence electrons. The molecule has 0 aliphatic heterocycles. The van der Waals surface area contributed by atoms with Crippen LogP contribution >= 0.6 is 0 Å². The lowest BCUT2D eigenvalue weighted by atomic mass is 9.98. The molecule has 0 aromatic heterocycles. The van der Waals surface area contributed by atoms with Gasteiger partial charge >= 0.3 is 5.97 Å². The minimum atomic E-state index is -0.783. The van der Waals surface area contributed by atoms with Crippen molar-refractivity contribution in [2.24, 2.45) is 0 Å². The van der Waals surface area contributed by atoms with Crippen LogP contribution in [0.15, 0.2) is 36.4 Å². The average molecular weight is 483 g/mol. The van der Waals surface area contributed by atoms with Crippen molar-refractivity contribution in [3.05, 3.63) is 58.7 Å². The second kappa shape index (κ2) is 11.1. The number of hydrogen-bond acceptors (Lipinski definition) is 6. The van der Waals surface area contributed by atoms with Crippen LogP contribution in [-0.2, 0) is 22.6 Å². The Labute approximate surface area is 208 Å². The first-order valence-electron chi connectivity index (χ1n) is 12.3. The number of aromatic hydroxyl groups is 2. The van der Waals surface area contributed by atoms with Gasteiger partial charge in [-0.05, 0) is 68.2 Å². The highest BCUT2D eigenvalue weighted by Gasteiger charge is 2.31. The lowest BCUT2D eigenvalue weighted by Crippen LogP contribution is -2.48. The van der Waals surface area contributed by atoms with Crippen molar-refractivity contribution in [2.75, 3.05) is 7.05 Å². The molecule has 2 aromatic carbocycles. The van der Waals surface area contributed by atoms with E-state index in [1.807, 2.05) is 52.0 Å². The summed E-state index contributed by atoms with van der Waals surface area (Å²) < 4.78 is 5.65. The molecule has 1 fully saturated rings. The largest absolute Gasteiger partial charge is 0.508 e. The normalized spacial score (nSPS) is 14.3. The molecule has 0 heterocycles. The molecule has 1 aliphatic carbocycles. The predicted octanol–water partition coefficient (Wildman–Crippen LogP) is 4.85. The lowest BCUT2D eigenvalue weighted by molar-refractivity contribution is -0.155. The van der Waals surface area contributed by atoms with Crippen molar-refractivity contribution in [3.63, 3.8) is 0 Å². The number of phenols is 2. The smallest absolute Gasteiger partial charge is 0.326 e. The van der Waals surface area contributed by atoms with Gasteiger partial charge in [-0.15, -0.1) is 0 Å². The van der Waals surface area contributed by atoms with Gasteiger partial charge in [0.1, 0.15) is 23.1 Å². The molecule has 3 rings (SSSR count). The van der Waals surface area contributed by atoms with E-state index in [0.29, 0.717) is 18.7 Å². The van der Waals surface area contributed by atoms with E-state index in [4.69, 9.17) is 4.74 Å². The topological polar surface area (TPSA) is 99.1 Å². The molecule has 35 heavy (non-hydrogen) atoms. The van der Waals surface area contributed by atoms with E-state index in [9.17, 15) is 19.8 Å². The summed E-state index contributed by atoms with van der Waals surface area (Å²) in [5.41, 5.74) is 1.96. The zero-order chi connectivity index (χ0) is 25.8. The molecule has 3 N–H and O–H groups in total. The number of esters is 1. The lowest BCUT2D eigenvalue weighted by Gasteiger charge is -2.26. The molecule has 0 atom stereocenters. The van der Waals surface area contributed by atoms with Crippen molar-refractivity contribution in [1.29, 1.82) is 0 Å². The molecule has 2 aromatic rings. The summed E-state index contributed by atoms with van der Waals surface area (Å²) in [7, 11) is 1.68. The molecule has 0 spiro atoms. The van der Waals surface area contributed by atoms with Gasteiger partial charge in [-0.2, -0.15) is 0 Å². The molecule has 7 nitrogen and oxygen atoms in total. The van der Waals surface area contributed by atoms with Crippen LogP contribution in [0.1, 0.15) is 86.3 Å². The van der Waals surface area contributed by atoms with Crippen molar-refractivity contribution in [3.8, 4) is 11.5 Å². The number of carbonyl (C=O) groups excluding carboxylic acids is 2. The maximum absolute atomic E-state index is 13.0. The number of nitrogens with zero attached hydrogens (tertiary/aromatic N) is 1. The zero-order valence-electron chi connectivity index (χ0n) is 21.4. The van der Waals surface area contributed by atoms with Crippen LogP contribution in [0.4, 0.5) is 0 Å². The van der Waals surface area contributed by atoms with Gasteiger partial charge in [0, 0.05) is 26.2 Å². The van der Waals surface area contributed by atoms with E-state index in [-0.39, 0.29) is 41.0 Å². The number of hydrogen-bond donors (Lipinski definition) is 3. The zero-order valence-corrected chi connectivity index (χ0v) is 21.4. The number of amides is 1. The van der Waals surface area contributed by atoms with Crippen LogP contribution in [0.2, 0.25) is 0 Å². The van der Waals surface area contributed by atoms with E-state index in [0.717, 1.165) is 36.8 Å². The number of ether oxygens (including phenoxy) is 1. The molecular weight excluding hydrogens is 444 g/mol. The Morgan fingerprint density at radius 1 is 1.06 bits per heavy atom. The van der Waals surface area contributed by atoms with Gasteiger partial charge in [0.2, 0.25) is 0 Å². The maximum Gasteiger partial charge on any atom is 0.326 e. The third-order valence-electron chi connectivity index (χ3n) is 6.61. The molecule has 0 saturated heterocycles. The Hall–Kier alpha value is -3.06. The van der Waals surface area contributed by atoms with Gasteiger partial charge in [-0.1, -0.05) is 38.1 Å². The first kappa shape index (κ1) is 26.5. The number of rotatable bonds is 9. The van der Waals surface area contributed by atoms with E-state index in [1.54, 1.807) is 13.1 Å². The average Bonchev–Trinajstić information content (AvgIpc) is 3.31. The molecule has 0 bridgehead atoms. The molecular formula is C28H38N2O5. The molecule has 0 unspecified atom stereocenters. The van der Waals surface area contributed by atoms with E-state index in [2.05, 4.69) is 5.32 Å². The fourth-order valence-corrected chi connectivity index (χ4v) is 4.24. The summed E-state index contributed by atoms with van der Waals surface area (Å²) in [6.07, 6.45) is 4.18. The highest BCUT2D eigenvalue weighted by atomic mass is 16.5. The van der Waals surface area contributed by atoms with Gasteiger partial charge < -0.3 is 19.8 Å². The minimum absolute atomic E-state index is 0.0168. The van der Waals surface area contributed by atoms with Gasteiger partial charge in [-0.25, -0.2) is 0 Å². The van der Waals surface area contributed by atoms with Crippen LogP contribution in [0.25, 0.3) is 0 Å². The van der Waals surface area contributed by atoms with E-state index < -0.39 is 5.54 Å². The van der Waals surface area contributed by atoms with E-state index >= 15 is 0 Å². The predicted molar refractivity (Wildman–Crippen MR) is 135 cm³/mol.